The van der Waals surface area contributed by atoms with Crippen molar-refractivity contribution in [2.45, 2.75) is 58.3 Å². The summed E-state index contributed by atoms with van der Waals surface area (Å²) in [5, 5.41) is 15.6. The van der Waals surface area contributed by atoms with Crippen molar-refractivity contribution in [1.82, 2.24) is 9.80 Å². The van der Waals surface area contributed by atoms with E-state index in [0.29, 0.717) is 35.8 Å². The van der Waals surface area contributed by atoms with Crippen LogP contribution in [0.4, 0.5) is 20.6 Å². The van der Waals surface area contributed by atoms with Crippen LogP contribution in [0.3, 0.4) is 0 Å². The lowest BCUT2D eigenvalue weighted by atomic mass is 10.0. The van der Waals surface area contributed by atoms with Gasteiger partial charge in [-0.2, -0.15) is 0 Å². The van der Waals surface area contributed by atoms with Crippen LogP contribution in [-0.4, -0.2) is 84.4 Å². The van der Waals surface area contributed by atoms with Gasteiger partial charge >= 0.3 is 6.03 Å². The maximum atomic E-state index is 14.3. The number of benzene rings is 3. The minimum absolute atomic E-state index is 0.124. The van der Waals surface area contributed by atoms with Gasteiger partial charge in [0.15, 0.2) is 0 Å². The second-order valence-corrected chi connectivity index (χ2v) is 12.1. The lowest BCUT2D eigenvalue weighted by molar-refractivity contribution is -0.0149. The molecule has 0 bridgehead atoms. The van der Waals surface area contributed by atoms with Gasteiger partial charge in [-0.25, -0.2) is 9.18 Å². The number of carbonyl (C=O) groups excluding carboxylic acids is 3. The first-order valence-corrected chi connectivity index (χ1v) is 16.0. The molecule has 3 aromatic rings. The molecule has 4 amide bonds. The molecule has 0 saturated heterocycles. The highest BCUT2D eigenvalue weighted by molar-refractivity contribution is 6.02. The number of aliphatic hydroxyl groups excluding tert-OH is 1. The maximum absolute atomic E-state index is 14.3. The van der Waals surface area contributed by atoms with Crippen LogP contribution in [0, 0.1) is 11.7 Å². The molecule has 0 spiro atoms. The van der Waals surface area contributed by atoms with E-state index in [-0.39, 0.29) is 48.7 Å². The van der Waals surface area contributed by atoms with Crippen molar-refractivity contribution in [1.29, 1.82) is 0 Å². The summed E-state index contributed by atoms with van der Waals surface area (Å²) in [5.74, 6) is -0.772. The number of nitrogens with one attached hydrogen (secondary N) is 2. The van der Waals surface area contributed by atoms with Crippen LogP contribution in [-0.2, 0) is 4.74 Å². The summed E-state index contributed by atoms with van der Waals surface area (Å²) in [6.07, 6.45) is 1.76. The monoisotopic (exact) mass is 648 g/mol. The van der Waals surface area contributed by atoms with E-state index in [0.717, 1.165) is 19.3 Å². The number of fused-ring (bicyclic) bond motifs is 1. The Morgan fingerprint density at radius 3 is 2.40 bits per heavy atom. The lowest BCUT2D eigenvalue weighted by Crippen LogP contribution is -2.48. The van der Waals surface area contributed by atoms with Gasteiger partial charge in [-0.1, -0.05) is 25.1 Å². The molecular formula is C36H45FN4O6. The molecule has 1 aliphatic heterocycles. The number of urea groups is 1. The van der Waals surface area contributed by atoms with Gasteiger partial charge in [0.1, 0.15) is 11.6 Å². The number of halogens is 1. The van der Waals surface area contributed by atoms with Crippen LogP contribution in [0.25, 0.3) is 0 Å². The Labute approximate surface area is 275 Å². The molecule has 0 fully saturated rings. The van der Waals surface area contributed by atoms with Crippen LogP contribution in [0.5, 0.6) is 5.75 Å². The van der Waals surface area contributed by atoms with Crippen molar-refractivity contribution in [2.75, 3.05) is 44.0 Å². The van der Waals surface area contributed by atoms with Crippen LogP contribution in [0.15, 0.2) is 72.8 Å². The third-order valence-electron chi connectivity index (χ3n) is 8.23. The zero-order chi connectivity index (χ0) is 33.9. The molecule has 0 radical (unpaired) electrons. The third-order valence-corrected chi connectivity index (χ3v) is 8.23. The number of hydrogen-bond donors (Lipinski definition) is 3. The molecule has 11 heteroatoms. The molecule has 3 aromatic carbocycles. The first-order chi connectivity index (χ1) is 22.5. The number of likely N-dealkylation sites (N-methyl/N-ethyl adjacent to an activating group) is 1. The first kappa shape index (κ1) is 35.4. The number of carbonyl (C=O) groups is 3. The van der Waals surface area contributed by atoms with Crippen LogP contribution in [0.2, 0.25) is 0 Å². The standard InChI is InChI=1S/C36H45FN4O6/c1-24-21-41(25(2)23-42)35(44)31-20-30(39-36(45)38-29-15-13-28(37)14-16-29)17-18-32(31)47-26(3)10-8-9-19-46-33(24)22-40(4)34(43)27-11-6-5-7-12-27/h5-7,11-18,20,24-26,33,42H,8-10,19,21-23H2,1-4H3,(H2,38,39,45)/t24-,25-,26+,33-/m0/s1. The van der Waals surface area contributed by atoms with E-state index in [1.165, 1.54) is 24.3 Å². The minimum atomic E-state index is -0.567. The normalized spacial score (nSPS) is 19.8. The predicted molar refractivity (Wildman–Crippen MR) is 179 cm³/mol. The van der Waals surface area contributed by atoms with E-state index in [9.17, 15) is 23.9 Å². The average Bonchev–Trinajstić information content (AvgIpc) is 3.07. The van der Waals surface area contributed by atoms with Gasteiger partial charge in [0.05, 0.1) is 30.4 Å². The summed E-state index contributed by atoms with van der Waals surface area (Å²) >= 11 is 0. The number of hydrogen-bond acceptors (Lipinski definition) is 6. The van der Waals surface area contributed by atoms with Gasteiger partial charge in [0.25, 0.3) is 11.8 Å². The van der Waals surface area contributed by atoms with Gasteiger partial charge in [0, 0.05) is 49.6 Å². The zero-order valence-corrected chi connectivity index (χ0v) is 27.4. The second-order valence-electron chi connectivity index (χ2n) is 12.1. The fourth-order valence-corrected chi connectivity index (χ4v) is 5.44. The number of rotatable bonds is 7. The van der Waals surface area contributed by atoms with Gasteiger partial charge in [-0.3, -0.25) is 9.59 Å². The van der Waals surface area contributed by atoms with E-state index in [1.807, 2.05) is 32.0 Å². The van der Waals surface area contributed by atoms with Crippen LogP contribution >= 0.6 is 0 Å². The molecule has 0 saturated carbocycles. The van der Waals surface area contributed by atoms with E-state index in [4.69, 9.17) is 9.47 Å². The van der Waals surface area contributed by atoms with Gasteiger partial charge < -0.3 is 35.0 Å². The quantitative estimate of drug-likeness (QED) is 0.288. The Hall–Kier alpha value is -4.48. The molecule has 4 atom stereocenters. The van der Waals surface area contributed by atoms with Gasteiger partial charge in [-0.15, -0.1) is 0 Å². The number of aliphatic hydroxyl groups is 1. The topological polar surface area (TPSA) is 120 Å². The molecule has 10 nitrogen and oxygen atoms in total. The summed E-state index contributed by atoms with van der Waals surface area (Å²) in [5.41, 5.74) is 1.56. The molecule has 4 rings (SSSR count). The van der Waals surface area contributed by atoms with E-state index < -0.39 is 17.9 Å². The zero-order valence-electron chi connectivity index (χ0n) is 27.4. The molecule has 0 aromatic heterocycles. The van der Waals surface area contributed by atoms with Crippen molar-refractivity contribution >= 4 is 29.2 Å². The summed E-state index contributed by atoms with van der Waals surface area (Å²) in [6, 6.07) is 18.2. The first-order valence-electron chi connectivity index (χ1n) is 16.0. The second kappa shape index (κ2) is 16.9. The molecule has 1 aliphatic rings. The maximum Gasteiger partial charge on any atom is 0.323 e. The minimum Gasteiger partial charge on any atom is -0.490 e. The molecule has 0 aliphatic carbocycles. The Morgan fingerprint density at radius 1 is 1.02 bits per heavy atom. The highest BCUT2D eigenvalue weighted by Crippen LogP contribution is 2.29. The average molecular weight is 649 g/mol. The summed E-state index contributed by atoms with van der Waals surface area (Å²) in [6.45, 7) is 6.43. The molecular weight excluding hydrogens is 603 g/mol. The van der Waals surface area contributed by atoms with Crippen molar-refractivity contribution in [2.24, 2.45) is 5.92 Å². The highest BCUT2D eigenvalue weighted by Gasteiger charge is 2.31. The smallest absolute Gasteiger partial charge is 0.323 e. The van der Waals surface area contributed by atoms with Crippen molar-refractivity contribution in [3.63, 3.8) is 0 Å². The molecule has 1 heterocycles. The fourth-order valence-electron chi connectivity index (χ4n) is 5.44. The molecule has 0 unspecified atom stereocenters. The van der Waals surface area contributed by atoms with Crippen molar-refractivity contribution in [3.05, 3.63) is 89.7 Å². The van der Waals surface area contributed by atoms with E-state index in [2.05, 4.69) is 10.6 Å². The Balaban J connectivity index is 1.60. The Bertz CT molecular complexity index is 1490. The van der Waals surface area contributed by atoms with E-state index >= 15 is 0 Å². The summed E-state index contributed by atoms with van der Waals surface area (Å²) in [4.78, 5) is 43.4. The molecule has 252 valence electrons. The van der Waals surface area contributed by atoms with Gasteiger partial charge in [-0.05, 0) is 87.7 Å². The van der Waals surface area contributed by atoms with Gasteiger partial charge in [0.2, 0.25) is 0 Å². The van der Waals surface area contributed by atoms with Crippen LogP contribution in [0.1, 0.15) is 60.7 Å². The van der Waals surface area contributed by atoms with E-state index in [1.54, 1.807) is 54.1 Å². The van der Waals surface area contributed by atoms with Crippen LogP contribution < -0.4 is 15.4 Å². The SMILES string of the molecule is C[C@@H]1CCCCO[C@@H](CN(C)C(=O)c2ccccc2)[C@@H](C)CN([C@@H](C)CO)C(=O)c2cc(NC(=O)Nc3ccc(F)cc3)ccc2O1. The number of amides is 4. The summed E-state index contributed by atoms with van der Waals surface area (Å²) in [7, 11) is 1.74. The van der Waals surface area contributed by atoms with Crippen molar-refractivity contribution in [3.8, 4) is 5.75 Å². The largest absolute Gasteiger partial charge is 0.490 e. The fraction of sp³-hybridized carbons (Fsp3) is 0.417. The Morgan fingerprint density at radius 2 is 1.70 bits per heavy atom. The lowest BCUT2D eigenvalue weighted by Gasteiger charge is -2.36. The van der Waals surface area contributed by atoms with Crippen molar-refractivity contribution < 1.29 is 33.4 Å². The number of ether oxygens (including phenoxy) is 2. The predicted octanol–water partition coefficient (Wildman–Crippen LogP) is 6.04. The molecule has 47 heavy (non-hydrogen) atoms. The molecule has 3 N–H and O–H groups in total. The summed E-state index contributed by atoms with van der Waals surface area (Å²) < 4.78 is 25.9. The Kier molecular flexibility index (Phi) is 12.7. The number of anilines is 2. The third kappa shape index (κ3) is 10.0. The number of nitrogens with zero attached hydrogens (tertiary/aromatic N) is 2. The highest BCUT2D eigenvalue weighted by atomic mass is 19.1.